The highest BCUT2D eigenvalue weighted by molar-refractivity contribution is 5.96. The Morgan fingerprint density at radius 2 is 1.80 bits per heavy atom. The number of piperidine rings is 1. The molecule has 220 valence electrons. The Bertz CT molecular complexity index is 1200. The molecule has 2 aliphatic heterocycles. The second-order valence-corrected chi connectivity index (χ2v) is 11.6. The van der Waals surface area contributed by atoms with Crippen molar-refractivity contribution in [2.45, 2.75) is 80.3 Å². The Labute approximate surface area is 230 Å². The number of primary amides is 1. The number of Topliss-reactive ketones (excluding diaryl/α,β-unsaturated/α-hetero) is 1. The van der Waals surface area contributed by atoms with Crippen molar-refractivity contribution in [1.29, 1.82) is 0 Å². The second kappa shape index (κ2) is 10.7. The van der Waals surface area contributed by atoms with Crippen LogP contribution in [0.5, 0.6) is 5.75 Å². The molecule has 0 spiro atoms. The molecule has 13 heteroatoms. The number of aliphatic hydroxyl groups is 3. The Balaban J connectivity index is 0.000000318. The average molecular weight is 566 g/mol. The lowest BCUT2D eigenvalue weighted by Crippen LogP contribution is -2.78. The molecule has 1 aromatic rings. The third-order valence-corrected chi connectivity index (χ3v) is 9.34. The van der Waals surface area contributed by atoms with Crippen molar-refractivity contribution in [3.63, 3.8) is 0 Å². The lowest BCUT2D eigenvalue weighted by molar-refractivity contribution is -0.951. The topological polar surface area (TPSA) is 225 Å². The van der Waals surface area contributed by atoms with Gasteiger partial charge in [0.2, 0.25) is 0 Å². The molecule has 13 nitrogen and oxygen atoms in total. The lowest BCUT2D eigenvalue weighted by Gasteiger charge is -2.65. The van der Waals surface area contributed by atoms with Crippen LogP contribution < -0.4 is 5.73 Å². The van der Waals surface area contributed by atoms with Gasteiger partial charge in [0.05, 0.1) is 19.2 Å². The van der Waals surface area contributed by atoms with E-state index in [1.54, 1.807) is 6.07 Å². The number of ketones is 1. The molecule has 2 aliphatic carbocycles. The van der Waals surface area contributed by atoms with Crippen LogP contribution in [0, 0.1) is 0 Å². The van der Waals surface area contributed by atoms with E-state index in [1.807, 2.05) is 6.07 Å². The monoisotopic (exact) mass is 565 g/mol. The molecule has 4 aliphatic rings. The number of quaternary nitrogens is 1. The molecule has 0 aromatic heterocycles. The van der Waals surface area contributed by atoms with E-state index in [2.05, 4.69) is 7.05 Å². The van der Waals surface area contributed by atoms with Crippen LogP contribution in [0.4, 0.5) is 0 Å². The number of phenols is 1. The SMILES string of the molecule is C[N+]1(CC2CCCO2)CC[C@]23CC(=O)CC[C@@]2(O)[C@H]1Cc1ccc(C(N)=O)c(O)c13.O=C(O)C(O)C(O)C(=O)O. The van der Waals surface area contributed by atoms with Crippen molar-refractivity contribution < 1.29 is 59.0 Å². The van der Waals surface area contributed by atoms with Crippen LogP contribution in [0.1, 0.15) is 60.0 Å². The molecular formula is C27H37N2O11+. The number of carbonyl (C=O) groups is 4. The first-order chi connectivity index (χ1) is 18.7. The molecule has 4 unspecified atom stereocenters. The van der Waals surface area contributed by atoms with Crippen LogP contribution in [0.3, 0.4) is 0 Å². The van der Waals surface area contributed by atoms with Crippen molar-refractivity contribution in [3.05, 3.63) is 28.8 Å². The lowest BCUT2D eigenvalue weighted by atomic mass is 9.48. The van der Waals surface area contributed by atoms with Crippen molar-refractivity contribution in [2.75, 3.05) is 26.7 Å². The molecule has 8 N–H and O–H groups in total. The average Bonchev–Trinajstić information content (AvgIpc) is 3.39. The molecule has 1 saturated carbocycles. The van der Waals surface area contributed by atoms with Crippen LogP contribution in [0.2, 0.25) is 0 Å². The highest BCUT2D eigenvalue weighted by atomic mass is 16.5. The number of aliphatic hydroxyl groups excluding tert-OH is 2. The maximum atomic E-state index is 12.6. The molecule has 3 fully saturated rings. The first kappa shape index (κ1) is 29.9. The summed E-state index contributed by atoms with van der Waals surface area (Å²) in [6, 6.07) is 3.34. The summed E-state index contributed by atoms with van der Waals surface area (Å²) in [7, 11) is 2.20. The van der Waals surface area contributed by atoms with Gasteiger partial charge in [0.25, 0.3) is 5.91 Å². The Morgan fingerprint density at radius 3 is 2.35 bits per heavy atom. The number of nitrogens with two attached hydrogens (primary N) is 1. The minimum absolute atomic E-state index is 0.0594. The minimum Gasteiger partial charge on any atom is -0.507 e. The van der Waals surface area contributed by atoms with Gasteiger partial charge in [0.1, 0.15) is 35.8 Å². The molecule has 5 rings (SSSR count). The molecule has 2 bridgehead atoms. The Kier molecular flexibility index (Phi) is 8.00. The van der Waals surface area contributed by atoms with E-state index < -0.39 is 41.1 Å². The van der Waals surface area contributed by atoms with Crippen LogP contribution in [-0.4, -0.2) is 115 Å². The number of likely N-dealkylation sites (tertiary alicyclic amines) is 1. The molecule has 0 radical (unpaired) electrons. The standard InChI is InChI=1S/C23H30N2O5.C4H6O6/c1-25(13-16-3-2-10-30-16)9-8-22-12-15(26)6-7-23(22,29)18(25)11-14-4-5-17(21(24)28)20(27)19(14)22;5-1(3(7)8)2(6)4(9)10/h4-5,16,18,29H,2-3,6-13H2,1H3,(H2-,24,27,28);1-2,5-6H,(H,7,8)(H,9,10)/p+1/t16?,18-,22-,23-,25?;/m1./s1. The van der Waals surface area contributed by atoms with Gasteiger partial charge in [-0.2, -0.15) is 0 Å². The number of carboxylic acid groups (broad SMARTS) is 2. The maximum absolute atomic E-state index is 12.6. The summed E-state index contributed by atoms with van der Waals surface area (Å²) in [6.45, 7) is 2.43. The summed E-state index contributed by atoms with van der Waals surface area (Å²) in [6.07, 6.45) is -0.112. The molecule has 1 aromatic carbocycles. The molecule has 7 atom stereocenters. The normalized spacial score (nSPS) is 34.0. The first-order valence-electron chi connectivity index (χ1n) is 13.3. The zero-order chi connectivity index (χ0) is 29.6. The Hall–Kier alpha value is -3.10. The van der Waals surface area contributed by atoms with Gasteiger partial charge in [-0.1, -0.05) is 6.07 Å². The predicted octanol–water partition coefficient (Wildman–Crippen LogP) is -0.956. The number of carboxylic acids is 2. The smallest absolute Gasteiger partial charge is 0.335 e. The van der Waals surface area contributed by atoms with Gasteiger partial charge in [-0.25, -0.2) is 9.59 Å². The predicted molar refractivity (Wildman–Crippen MR) is 136 cm³/mol. The molecule has 1 amide bonds. The van der Waals surface area contributed by atoms with Crippen LogP contribution in [-0.2, 0) is 31.0 Å². The number of likely N-dealkylation sites (N-methyl/N-ethyl adjacent to an activating group) is 1. The fraction of sp³-hybridized carbons (Fsp3) is 0.630. The summed E-state index contributed by atoms with van der Waals surface area (Å²) in [4.78, 5) is 44.1. The summed E-state index contributed by atoms with van der Waals surface area (Å²) in [5, 5.41) is 55.8. The summed E-state index contributed by atoms with van der Waals surface area (Å²) in [5.41, 5.74) is 5.05. The molecular weight excluding hydrogens is 528 g/mol. The van der Waals surface area contributed by atoms with Crippen molar-refractivity contribution in [2.24, 2.45) is 5.73 Å². The van der Waals surface area contributed by atoms with E-state index >= 15 is 0 Å². The number of benzene rings is 1. The first-order valence-corrected chi connectivity index (χ1v) is 13.3. The number of hydrogen-bond donors (Lipinski definition) is 7. The largest absolute Gasteiger partial charge is 0.507 e. The van der Waals surface area contributed by atoms with E-state index in [1.165, 1.54) is 0 Å². The quantitative estimate of drug-likeness (QED) is 0.208. The van der Waals surface area contributed by atoms with Gasteiger partial charge in [0, 0.05) is 43.3 Å². The Morgan fingerprint density at radius 1 is 1.15 bits per heavy atom. The fourth-order valence-corrected chi connectivity index (χ4v) is 7.36. The number of amides is 1. The number of ether oxygens (including phenoxy) is 1. The van der Waals surface area contributed by atoms with Crippen molar-refractivity contribution in [3.8, 4) is 5.75 Å². The highest BCUT2D eigenvalue weighted by Gasteiger charge is 2.70. The fourth-order valence-electron chi connectivity index (χ4n) is 7.36. The number of fused-ring (bicyclic) bond motifs is 1. The minimum atomic E-state index is -2.27. The number of rotatable bonds is 6. The van der Waals surface area contributed by atoms with E-state index in [9.17, 15) is 29.4 Å². The number of hydrogen-bond acceptors (Lipinski definition) is 9. The second-order valence-electron chi connectivity index (χ2n) is 11.6. The van der Waals surface area contributed by atoms with Crippen molar-refractivity contribution in [1.82, 2.24) is 0 Å². The van der Waals surface area contributed by atoms with Gasteiger partial charge in [-0.3, -0.25) is 9.59 Å². The van der Waals surface area contributed by atoms with E-state index in [-0.39, 0.29) is 35.7 Å². The van der Waals surface area contributed by atoms with Gasteiger partial charge in [-0.15, -0.1) is 0 Å². The third kappa shape index (κ3) is 4.85. The van der Waals surface area contributed by atoms with E-state index in [0.717, 1.165) is 38.1 Å². The molecule has 40 heavy (non-hydrogen) atoms. The summed E-state index contributed by atoms with van der Waals surface area (Å²) in [5.74, 6) is -4.29. The summed E-state index contributed by atoms with van der Waals surface area (Å²) < 4.78 is 6.63. The number of aromatic hydroxyl groups is 1. The molecule has 2 heterocycles. The maximum Gasteiger partial charge on any atom is 0.335 e. The number of nitrogens with zero attached hydrogens (tertiary/aromatic N) is 1. The highest BCUT2D eigenvalue weighted by Crippen LogP contribution is 2.61. The summed E-state index contributed by atoms with van der Waals surface area (Å²) >= 11 is 0. The molecule has 2 saturated heterocycles. The van der Waals surface area contributed by atoms with Gasteiger partial charge >= 0.3 is 11.9 Å². The van der Waals surface area contributed by atoms with Gasteiger partial charge in [0.15, 0.2) is 12.2 Å². The van der Waals surface area contributed by atoms with Gasteiger partial charge in [-0.05, 0) is 30.9 Å². The van der Waals surface area contributed by atoms with Gasteiger partial charge < -0.3 is 45.6 Å². The zero-order valence-electron chi connectivity index (χ0n) is 22.3. The van der Waals surface area contributed by atoms with Crippen LogP contribution >= 0.6 is 0 Å². The van der Waals surface area contributed by atoms with E-state index in [0.29, 0.717) is 35.7 Å². The number of carbonyl (C=O) groups excluding carboxylic acids is 2. The third-order valence-electron chi connectivity index (χ3n) is 9.34. The van der Waals surface area contributed by atoms with Crippen LogP contribution in [0.15, 0.2) is 12.1 Å². The van der Waals surface area contributed by atoms with E-state index in [4.69, 9.17) is 30.9 Å². The van der Waals surface area contributed by atoms with Crippen LogP contribution in [0.25, 0.3) is 0 Å². The van der Waals surface area contributed by atoms with Crippen molar-refractivity contribution >= 4 is 23.6 Å². The zero-order valence-corrected chi connectivity index (χ0v) is 22.3. The number of aliphatic carboxylic acids is 2.